The summed E-state index contributed by atoms with van der Waals surface area (Å²) in [5.41, 5.74) is 7.46. The van der Waals surface area contributed by atoms with Gasteiger partial charge in [-0.25, -0.2) is 4.98 Å². The number of amides is 1. The lowest BCUT2D eigenvalue weighted by Crippen LogP contribution is -2.38. The molecule has 1 aliphatic carbocycles. The zero-order chi connectivity index (χ0) is 27.4. The van der Waals surface area contributed by atoms with Crippen LogP contribution in [0.3, 0.4) is 0 Å². The number of pyridine rings is 1. The Balaban J connectivity index is 1.34. The maximum atomic E-state index is 13.4. The Labute approximate surface area is 231 Å². The number of carbonyl (C=O) groups excluding carboxylic acids is 1. The monoisotopic (exact) mass is 552 g/mol. The van der Waals surface area contributed by atoms with E-state index in [0.29, 0.717) is 65.5 Å². The second kappa shape index (κ2) is 10.0. The quantitative estimate of drug-likeness (QED) is 0.492. The Bertz CT molecular complexity index is 1530. The fraction of sp³-hybridized carbons (Fsp3) is 0.483. The van der Waals surface area contributed by atoms with Crippen molar-refractivity contribution < 1.29 is 18.7 Å². The molecule has 3 unspecified atom stereocenters. The number of aromatic nitrogens is 2. The minimum Gasteiger partial charge on any atom is -0.486 e. The SMILES string of the molecule is CC1C=Cc2oc(C3CCN(c4c(C(N)=O)c(=O)n(C)c5cc(OC6CCOC6)c(Cl)cc45)CC3)nc2C1C. The number of piperidine rings is 1. The molecule has 2 saturated heterocycles. The number of benzene rings is 1. The number of nitrogens with zero attached hydrogens (tertiary/aromatic N) is 3. The Hall–Kier alpha value is -3.30. The maximum Gasteiger partial charge on any atom is 0.265 e. The Morgan fingerprint density at radius 3 is 2.67 bits per heavy atom. The van der Waals surface area contributed by atoms with Crippen LogP contribution in [0.5, 0.6) is 5.75 Å². The molecule has 206 valence electrons. The number of aryl methyl sites for hydroxylation is 1. The van der Waals surface area contributed by atoms with E-state index in [1.165, 1.54) is 4.57 Å². The van der Waals surface area contributed by atoms with Crippen LogP contribution in [0.25, 0.3) is 17.0 Å². The molecule has 2 aliphatic heterocycles. The molecule has 1 amide bonds. The van der Waals surface area contributed by atoms with E-state index in [1.807, 2.05) is 6.08 Å². The van der Waals surface area contributed by atoms with E-state index in [-0.39, 0.29) is 17.6 Å². The number of ether oxygens (including phenoxy) is 2. The highest BCUT2D eigenvalue weighted by Gasteiger charge is 2.32. The van der Waals surface area contributed by atoms with E-state index in [1.54, 1.807) is 19.2 Å². The zero-order valence-corrected chi connectivity index (χ0v) is 23.2. The van der Waals surface area contributed by atoms with Gasteiger partial charge in [-0.2, -0.15) is 0 Å². The Morgan fingerprint density at radius 1 is 1.21 bits per heavy atom. The molecule has 4 heterocycles. The minimum atomic E-state index is -0.760. The van der Waals surface area contributed by atoms with Crippen LogP contribution in [-0.2, 0) is 11.8 Å². The molecular weight excluding hydrogens is 520 g/mol. The highest BCUT2D eigenvalue weighted by Crippen LogP contribution is 2.40. The fourth-order valence-electron chi connectivity index (χ4n) is 5.94. The number of hydrogen-bond acceptors (Lipinski definition) is 7. The normalized spacial score (nSPS) is 23.4. The Morgan fingerprint density at radius 2 is 1.97 bits per heavy atom. The number of carbonyl (C=O) groups is 1. The highest BCUT2D eigenvalue weighted by atomic mass is 35.5. The molecule has 0 saturated carbocycles. The smallest absolute Gasteiger partial charge is 0.265 e. The molecule has 2 N–H and O–H groups in total. The average Bonchev–Trinajstić information content (AvgIpc) is 3.59. The summed E-state index contributed by atoms with van der Waals surface area (Å²) >= 11 is 6.68. The number of halogens is 1. The summed E-state index contributed by atoms with van der Waals surface area (Å²) in [7, 11) is 1.63. The summed E-state index contributed by atoms with van der Waals surface area (Å²) in [5.74, 6) is 2.21. The van der Waals surface area contributed by atoms with Gasteiger partial charge in [0.25, 0.3) is 11.5 Å². The van der Waals surface area contributed by atoms with E-state index in [2.05, 4.69) is 24.8 Å². The van der Waals surface area contributed by atoms with Gasteiger partial charge in [0.1, 0.15) is 17.4 Å². The summed E-state index contributed by atoms with van der Waals surface area (Å²) in [6.45, 7) is 6.72. The van der Waals surface area contributed by atoms with Crippen LogP contribution in [0.4, 0.5) is 5.69 Å². The maximum absolute atomic E-state index is 13.4. The minimum absolute atomic E-state index is 0.0306. The fourth-order valence-corrected chi connectivity index (χ4v) is 6.14. The summed E-state index contributed by atoms with van der Waals surface area (Å²) in [6.07, 6.45) is 6.40. The number of hydrogen-bond donors (Lipinski definition) is 1. The largest absolute Gasteiger partial charge is 0.486 e. The molecule has 3 aromatic rings. The van der Waals surface area contributed by atoms with Crippen molar-refractivity contribution in [2.75, 3.05) is 31.2 Å². The number of oxazole rings is 1. The molecule has 0 spiro atoms. The first kappa shape index (κ1) is 26.0. The molecule has 10 heteroatoms. The molecule has 9 nitrogen and oxygen atoms in total. The molecule has 3 atom stereocenters. The van der Waals surface area contributed by atoms with Crippen molar-refractivity contribution in [1.82, 2.24) is 9.55 Å². The average molecular weight is 553 g/mol. The molecule has 2 aromatic heterocycles. The van der Waals surface area contributed by atoms with Gasteiger partial charge in [-0.05, 0) is 30.9 Å². The van der Waals surface area contributed by atoms with Gasteiger partial charge in [0.05, 0.1) is 35.1 Å². The van der Waals surface area contributed by atoms with Crippen molar-refractivity contribution in [2.24, 2.45) is 18.7 Å². The summed E-state index contributed by atoms with van der Waals surface area (Å²) in [5, 5.41) is 1.09. The molecule has 6 rings (SSSR count). The summed E-state index contributed by atoms with van der Waals surface area (Å²) in [6, 6.07) is 3.54. The lowest BCUT2D eigenvalue weighted by atomic mass is 9.88. The second-order valence-corrected chi connectivity index (χ2v) is 11.3. The second-order valence-electron chi connectivity index (χ2n) is 10.9. The molecule has 0 bridgehead atoms. The molecular formula is C29H33ClN4O5. The predicted molar refractivity (Wildman–Crippen MR) is 150 cm³/mol. The number of anilines is 1. The van der Waals surface area contributed by atoms with Crippen molar-refractivity contribution in [3.8, 4) is 5.75 Å². The zero-order valence-electron chi connectivity index (χ0n) is 22.4. The first-order chi connectivity index (χ1) is 18.7. The number of fused-ring (bicyclic) bond motifs is 2. The molecule has 2 fully saturated rings. The van der Waals surface area contributed by atoms with E-state index < -0.39 is 11.5 Å². The summed E-state index contributed by atoms with van der Waals surface area (Å²) in [4.78, 5) is 32.9. The van der Waals surface area contributed by atoms with Crippen LogP contribution < -0.4 is 20.9 Å². The van der Waals surface area contributed by atoms with Crippen LogP contribution in [0.2, 0.25) is 5.02 Å². The third-order valence-electron chi connectivity index (χ3n) is 8.48. The van der Waals surface area contributed by atoms with E-state index >= 15 is 0 Å². The van der Waals surface area contributed by atoms with Gasteiger partial charge in [0.2, 0.25) is 0 Å². The molecule has 39 heavy (non-hydrogen) atoms. The Kier molecular flexibility index (Phi) is 6.67. The van der Waals surface area contributed by atoms with Gasteiger partial charge >= 0.3 is 0 Å². The van der Waals surface area contributed by atoms with E-state index in [9.17, 15) is 9.59 Å². The number of primary amides is 1. The molecule has 1 aromatic carbocycles. The van der Waals surface area contributed by atoms with Crippen LogP contribution in [0.15, 0.2) is 27.4 Å². The number of nitrogens with two attached hydrogens (primary N) is 1. The van der Waals surface area contributed by atoms with Crippen molar-refractivity contribution >= 4 is 40.2 Å². The highest BCUT2D eigenvalue weighted by molar-refractivity contribution is 6.33. The third kappa shape index (κ3) is 4.51. The third-order valence-corrected chi connectivity index (χ3v) is 8.77. The lowest BCUT2D eigenvalue weighted by molar-refractivity contribution is 0.0999. The number of allylic oxidation sites excluding steroid dienone is 1. The van der Waals surface area contributed by atoms with Gasteiger partial charge in [-0.15, -0.1) is 0 Å². The van der Waals surface area contributed by atoms with Gasteiger partial charge in [-0.3, -0.25) is 9.59 Å². The molecule has 0 radical (unpaired) electrons. The number of rotatable bonds is 5. The van der Waals surface area contributed by atoms with Crippen LogP contribution in [0.1, 0.15) is 72.6 Å². The predicted octanol–water partition coefficient (Wildman–Crippen LogP) is 4.60. The topological polar surface area (TPSA) is 113 Å². The van der Waals surface area contributed by atoms with Crippen molar-refractivity contribution in [3.05, 3.63) is 56.5 Å². The van der Waals surface area contributed by atoms with Gasteiger partial charge in [0, 0.05) is 49.8 Å². The van der Waals surface area contributed by atoms with Crippen molar-refractivity contribution in [2.45, 2.75) is 51.0 Å². The first-order valence-corrected chi connectivity index (χ1v) is 13.9. The molecule has 3 aliphatic rings. The van der Waals surface area contributed by atoms with E-state index in [0.717, 1.165) is 36.6 Å². The lowest BCUT2D eigenvalue weighted by Gasteiger charge is -2.34. The van der Waals surface area contributed by atoms with E-state index in [4.69, 9.17) is 36.2 Å². The van der Waals surface area contributed by atoms with Crippen molar-refractivity contribution in [1.29, 1.82) is 0 Å². The van der Waals surface area contributed by atoms with Crippen LogP contribution in [-0.4, -0.2) is 47.9 Å². The van der Waals surface area contributed by atoms with Crippen LogP contribution in [0, 0.1) is 5.92 Å². The van der Waals surface area contributed by atoms with Gasteiger partial charge < -0.3 is 29.1 Å². The van der Waals surface area contributed by atoms with Crippen LogP contribution >= 0.6 is 11.6 Å². The summed E-state index contributed by atoms with van der Waals surface area (Å²) < 4.78 is 19.1. The van der Waals surface area contributed by atoms with Crippen molar-refractivity contribution in [3.63, 3.8) is 0 Å². The van der Waals surface area contributed by atoms with Gasteiger partial charge in [0.15, 0.2) is 11.7 Å². The standard InChI is InChI=1S/C29H33ClN4O5/c1-15-4-5-22-25(16(15)2)32-28(39-22)17-6-9-34(10-7-17)26-19-12-20(30)23(38-18-8-11-37-14-18)13-21(19)33(3)29(36)24(26)27(31)35/h4-5,12-13,15-18H,6-11,14H2,1-3H3,(H2,31,35). The first-order valence-electron chi connectivity index (χ1n) is 13.6. The van der Waals surface area contributed by atoms with Gasteiger partial charge in [-0.1, -0.05) is 31.5 Å².